The van der Waals surface area contributed by atoms with E-state index in [2.05, 4.69) is 41.1 Å². The lowest BCUT2D eigenvalue weighted by Crippen LogP contribution is -2.23. The Labute approximate surface area is 224 Å². The summed E-state index contributed by atoms with van der Waals surface area (Å²) in [5, 5.41) is 21.5. The number of amides is 2. The van der Waals surface area contributed by atoms with Crippen LogP contribution >= 0.6 is 11.3 Å². The molecule has 0 aliphatic rings. The van der Waals surface area contributed by atoms with Crippen LogP contribution in [0.3, 0.4) is 0 Å². The first-order chi connectivity index (χ1) is 18.7. The fourth-order valence-corrected chi connectivity index (χ4v) is 4.17. The molecule has 0 fully saturated rings. The van der Waals surface area contributed by atoms with E-state index in [1.807, 2.05) is 0 Å². The quantitative estimate of drug-likeness (QED) is 0.270. The van der Waals surface area contributed by atoms with E-state index in [9.17, 15) is 22.8 Å². The minimum atomic E-state index is -3.05. The standard InChI is InChI=1S/C24H24F3N9O2S/c1-24(26,27)16-8-15(10-28-12-16)11-30-22(38)19-14-36(35-32-19)13-17(25)5-6-21-33-34-23(39-21)31-20(37)9-18-4-2-3-7-29-18/h2-4,7-8,10,12,14,17H,5-6,9,11,13H2,1H3,(H,30,38)(H,31,34,37). The molecule has 4 heterocycles. The highest BCUT2D eigenvalue weighted by Crippen LogP contribution is 2.26. The number of rotatable bonds is 12. The van der Waals surface area contributed by atoms with Crippen LogP contribution in [0.2, 0.25) is 0 Å². The Balaban J connectivity index is 1.20. The van der Waals surface area contributed by atoms with Crippen LogP contribution in [0, 0.1) is 0 Å². The first kappa shape index (κ1) is 27.8. The van der Waals surface area contributed by atoms with Crippen LogP contribution < -0.4 is 10.6 Å². The van der Waals surface area contributed by atoms with Gasteiger partial charge < -0.3 is 10.6 Å². The molecule has 4 rings (SSSR count). The first-order valence-electron chi connectivity index (χ1n) is 11.8. The molecule has 0 aromatic carbocycles. The summed E-state index contributed by atoms with van der Waals surface area (Å²) < 4.78 is 42.7. The molecule has 0 radical (unpaired) electrons. The van der Waals surface area contributed by atoms with Crippen molar-refractivity contribution >= 4 is 28.3 Å². The molecule has 0 saturated heterocycles. The van der Waals surface area contributed by atoms with E-state index in [0.717, 1.165) is 24.5 Å². The number of nitrogens with zero attached hydrogens (tertiary/aromatic N) is 7. The largest absolute Gasteiger partial charge is 0.346 e. The van der Waals surface area contributed by atoms with Gasteiger partial charge in [-0.05, 0) is 30.2 Å². The number of halogens is 3. The van der Waals surface area contributed by atoms with Gasteiger partial charge in [0.25, 0.3) is 11.8 Å². The van der Waals surface area contributed by atoms with Crippen LogP contribution in [0.5, 0.6) is 0 Å². The average Bonchev–Trinajstić information content (AvgIpc) is 3.56. The third-order valence-electron chi connectivity index (χ3n) is 5.36. The van der Waals surface area contributed by atoms with Crippen molar-refractivity contribution in [1.29, 1.82) is 0 Å². The Morgan fingerprint density at radius 1 is 1.18 bits per heavy atom. The zero-order valence-electron chi connectivity index (χ0n) is 20.7. The average molecular weight is 560 g/mol. The lowest BCUT2D eigenvalue weighted by Gasteiger charge is -2.11. The molecule has 39 heavy (non-hydrogen) atoms. The zero-order valence-corrected chi connectivity index (χ0v) is 21.5. The van der Waals surface area contributed by atoms with E-state index < -0.39 is 18.0 Å². The molecular weight excluding hydrogens is 535 g/mol. The number of anilines is 1. The monoisotopic (exact) mass is 559 g/mol. The SMILES string of the molecule is CC(F)(F)c1cncc(CNC(=O)c2cn(CC(F)CCc3nnc(NC(=O)Cc4ccccn4)s3)nn2)c1. The molecule has 2 amide bonds. The summed E-state index contributed by atoms with van der Waals surface area (Å²) in [6, 6.07) is 6.55. The van der Waals surface area contributed by atoms with E-state index >= 15 is 0 Å². The second-order valence-electron chi connectivity index (χ2n) is 8.66. The van der Waals surface area contributed by atoms with Gasteiger partial charge in [0, 0.05) is 49.7 Å². The molecule has 204 valence electrons. The smallest absolute Gasteiger partial charge is 0.273 e. The number of hydrogen-bond donors (Lipinski definition) is 2. The van der Waals surface area contributed by atoms with Gasteiger partial charge in [-0.2, -0.15) is 0 Å². The summed E-state index contributed by atoms with van der Waals surface area (Å²) >= 11 is 1.16. The molecule has 0 saturated carbocycles. The summed E-state index contributed by atoms with van der Waals surface area (Å²) in [7, 11) is 0. The van der Waals surface area contributed by atoms with Gasteiger partial charge in [-0.15, -0.1) is 15.3 Å². The Hall–Kier alpha value is -4.27. The normalized spacial score (nSPS) is 12.2. The summed E-state index contributed by atoms with van der Waals surface area (Å²) in [6.45, 7) is 0.589. The van der Waals surface area contributed by atoms with Crippen molar-refractivity contribution in [1.82, 2.24) is 40.5 Å². The van der Waals surface area contributed by atoms with Crippen LogP contribution in [0.25, 0.3) is 0 Å². The van der Waals surface area contributed by atoms with Gasteiger partial charge in [0.15, 0.2) is 5.69 Å². The van der Waals surface area contributed by atoms with Crippen molar-refractivity contribution in [2.45, 2.75) is 51.4 Å². The Kier molecular flexibility index (Phi) is 8.91. The number of carbonyl (C=O) groups is 2. The Morgan fingerprint density at radius 3 is 2.79 bits per heavy atom. The number of pyridine rings is 2. The predicted molar refractivity (Wildman–Crippen MR) is 135 cm³/mol. The molecule has 2 N–H and O–H groups in total. The maximum absolute atomic E-state index is 14.6. The molecule has 0 aliphatic carbocycles. The second-order valence-corrected chi connectivity index (χ2v) is 9.72. The molecule has 1 atom stereocenters. The zero-order chi connectivity index (χ0) is 27.8. The van der Waals surface area contributed by atoms with E-state index in [1.165, 1.54) is 23.1 Å². The van der Waals surface area contributed by atoms with Crippen LogP contribution in [0.1, 0.15) is 45.7 Å². The van der Waals surface area contributed by atoms with Crippen LogP contribution in [0.15, 0.2) is 49.1 Å². The summed E-state index contributed by atoms with van der Waals surface area (Å²) in [4.78, 5) is 32.4. The molecule has 0 spiro atoms. The fraction of sp³-hybridized carbons (Fsp3) is 0.333. The third-order valence-corrected chi connectivity index (χ3v) is 6.26. The summed E-state index contributed by atoms with van der Waals surface area (Å²) in [5.74, 6) is -3.91. The maximum Gasteiger partial charge on any atom is 0.273 e. The van der Waals surface area contributed by atoms with E-state index in [0.29, 0.717) is 27.8 Å². The second kappa shape index (κ2) is 12.5. The van der Waals surface area contributed by atoms with E-state index in [4.69, 9.17) is 0 Å². The molecule has 0 aliphatic heterocycles. The van der Waals surface area contributed by atoms with Crippen LogP contribution in [0.4, 0.5) is 18.3 Å². The van der Waals surface area contributed by atoms with Gasteiger partial charge in [0.1, 0.15) is 11.2 Å². The van der Waals surface area contributed by atoms with Crippen molar-refractivity contribution in [2.24, 2.45) is 0 Å². The van der Waals surface area contributed by atoms with Crippen molar-refractivity contribution in [2.75, 3.05) is 5.32 Å². The lowest BCUT2D eigenvalue weighted by molar-refractivity contribution is -0.115. The van der Waals surface area contributed by atoms with Gasteiger partial charge in [0.2, 0.25) is 11.0 Å². The van der Waals surface area contributed by atoms with Gasteiger partial charge in [-0.25, -0.2) is 17.9 Å². The number of nitrogens with one attached hydrogen (secondary N) is 2. The van der Waals surface area contributed by atoms with Crippen molar-refractivity contribution in [3.8, 4) is 0 Å². The molecular formula is C24H24F3N9O2S. The highest BCUT2D eigenvalue weighted by Gasteiger charge is 2.25. The molecule has 1 unspecified atom stereocenters. The molecule has 11 nitrogen and oxygen atoms in total. The molecule has 15 heteroatoms. The topological polar surface area (TPSA) is 140 Å². The minimum Gasteiger partial charge on any atom is -0.346 e. The minimum absolute atomic E-state index is 0.0395. The van der Waals surface area contributed by atoms with Gasteiger partial charge >= 0.3 is 0 Å². The van der Waals surface area contributed by atoms with Crippen LogP contribution in [-0.2, 0) is 36.6 Å². The highest BCUT2D eigenvalue weighted by molar-refractivity contribution is 7.15. The predicted octanol–water partition coefficient (Wildman–Crippen LogP) is 3.11. The van der Waals surface area contributed by atoms with Gasteiger partial charge in [-0.1, -0.05) is 22.6 Å². The van der Waals surface area contributed by atoms with Crippen LogP contribution in [-0.4, -0.2) is 53.1 Å². The number of hydrogen-bond acceptors (Lipinski definition) is 9. The fourth-order valence-electron chi connectivity index (χ4n) is 3.40. The lowest BCUT2D eigenvalue weighted by atomic mass is 10.1. The maximum atomic E-state index is 14.6. The number of alkyl halides is 3. The van der Waals surface area contributed by atoms with E-state index in [-0.39, 0.29) is 43.1 Å². The Bertz CT molecular complexity index is 1410. The molecule has 4 aromatic heterocycles. The summed E-state index contributed by atoms with van der Waals surface area (Å²) in [6.07, 6.45) is 4.54. The molecule has 0 bridgehead atoms. The van der Waals surface area contributed by atoms with Gasteiger partial charge in [0.05, 0.1) is 19.2 Å². The summed E-state index contributed by atoms with van der Waals surface area (Å²) in [5.41, 5.74) is 0.720. The van der Waals surface area contributed by atoms with Gasteiger partial charge in [-0.3, -0.25) is 19.6 Å². The van der Waals surface area contributed by atoms with Crippen molar-refractivity contribution in [3.05, 3.63) is 76.6 Å². The first-order valence-corrected chi connectivity index (χ1v) is 12.6. The Morgan fingerprint density at radius 2 is 2.03 bits per heavy atom. The number of carbonyl (C=O) groups excluding carboxylic acids is 2. The molecule has 4 aromatic rings. The van der Waals surface area contributed by atoms with Crippen molar-refractivity contribution in [3.63, 3.8) is 0 Å². The van der Waals surface area contributed by atoms with E-state index in [1.54, 1.807) is 24.4 Å². The number of aryl methyl sites for hydroxylation is 1. The third kappa shape index (κ3) is 8.36. The highest BCUT2D eigenvalue weighted by atomic mass is 32.1. The number of aromatic nitrogens is 7. The van der Waals surface area contributed by atoms with Crippen molar-refractivity contribution < 1.29 is 22.8 Å².